The van der Waals surface area contributed by atoms with Crippen LogP contribution in [0.1, 0.15) is 17.0 Å². The summed E-state index contributed by atoms with van der Waals surface area (Å²) in [7, 11) is 0. The normalized spacial score (nSPS) is 12.1. The van der Waals surface area contributed by atoms with Crippen molar-refractivity contribution >= 4 is 44.3 Å². The van der Waals surface area contributed by atoms with E-state index < -0.39 is 12.0 Å². The summed E-state index contributed by atoms with van der Waals surface area (Å²) in [5.74, 6) is -0.969. The predicted octanol–water partition coefficient (Wildman–Crippen LogP) is 5.41. The van der Waals surface area contributed by atoms with E-state index in [0.717, 1.165) is 10.1 Å². The first-order valence-electron chi connectivity index (χ1n) is 6.95. The van der Waals surface area contributed by atoms with Crippen LogP contribution in [0.5, 0.6) is 0 Å². The van der Waals surface area contributed by atoms with Crippen LogP contribution >= 0.6 is 27.5 Å². The molecule has 1 heterocycles. The number of nitrogens with two attached hydrogens (primary N) is 1. The van der Waals surface area contributed by atoms with Crippen molar-refractivity contribution in [2.24, 2.45) is 0 Å². The molecule has 8 heteroatoms. The summed E-state index contributed by atoms with van der Waals surface area (Å²) in [6.45, 7) is 1.77. The van der Waals surface area contributed by atoms with E-state index in [9.17, 15) is 13.2 Å². The molecule has 0 fully saturated rings. The van der Waals surface area contributed by atoms with E-state index in [1.807, 2.05) is 0 Å². The zero-order chi connectivity index (χ0) is 17.6. The highest BCUT2D eigenvalue weighted by Gasteiger charge is 2.38. The number of hydrogen-bond acceptors (Lipinski definition) is 2. The molecule has 2 N–H and O–H groups in total. The SMILES string of the molecule is Cc1c(Cl)cccc1Cn1c(C(F)(F)F)nc2c(Br)cc(N)cc21. The molecule has 0 aliphatic rings. The second-order valence-electron chi connectivity index (χ2n) is 5.41. The number of anilines is 1. The zero-order valence-corrected chi connectivity index (χ0v) is 14.8. The highest BCUT2D eigenvalue weighted by Crippen LogP contribution is 2.36. The van der Waals surface area contributed by atoms with Crippen molar-refractivity contribution in [2.45, 2.75) is 19.6 Å². The molecule has 24 heavy (non-hydrogen) atoms. The summed E-state index contributed by atoms with van der Waals surface area (Å²) >= 11 is 9.31. The average Bonchev–Trinajstić information content (AvgIpc) is 2.83. The smallest absolute Gasteiger partial charge is 0.399 e. The molecule has 0 amide bonds. The van der Waals surface area contributed by atoms with Crippen molar-refractivity contribution in [1.29, 1.82) is 0 Å². The van der Waals surface area contributed by atoms with Crippen molar-refractivity contribution in [3.8, 4) is 0 Å². The fourth-order valence-electron chi connectivity index (χ4n) is 2.57. The Balaban J connectivity index is 2.27. The van der Waals surface area contributed by atoms with Crippen LogP contribution in [-0.4, -0.2) is 9.55 Å². The fourth-order valence-corrected chi connectivity index (χ4v) is 3.32. The van der Waals surface area contributed by atoms with Gasteiger partial charge in [-0.25, -0.2) is 4.98 Å². The number of halogens is 5. The lowest BCUT2D eigenvalue weighted by atomic mass is 10.1. The molecule has 2 aromatic carbocycles. The third-order valence-corrected chi connectivity index (χ3v) is 4.81. The minimum Gasteiger partial charge on any atom is -0.399 e. The van der Waals surface area contributed by atoms with Gasteiger partial charge in [0.1, 0.15) is 5.52 Å². The van der Waals surface area contributed by atoms with Crippen molar-refractivity contribution in [1.82, 2.24) is 9.55 Å². The van der Waals surface area contributed by atoms with E-state index >= 15 is 0 Å². The van der Waals surface area contributed by atoms with Crippen molar-refractivity contribution < 1.29 is 13.2 Å². The van der Waals surface area contributed by atoms with Gasteiger partial charge in [-0.05, 0) is 52.2 Å². The minimum atomic E-state index is -4.58. The number of rotatable bonds is 2. The highest BCUT2D eigenvalue weighted by atomic mass is 79.9. The van der Waals surface area contributed by atoms with Gasteiger partial charge in [0.15, 0.2) is 0 Å². The maximum absolute atomic E-state index is 13.4. The Hall–Kier alpha value is -1.73. The molecule has 0 bridgehead atoms. The molecule has 126 valence electrons. The van der Waals surface area contributed by atoms with E-state index in [1.165, 1.54) is 12.1 Å². The number of fused-ring (bicyclic) bond motifs is 1. The van der Waals surface area contributed by atoms with Gasteiger partial charge in [-0.1, -0.05) is 23.7 Å². The van der Waals surface area contributed by atoms with Gasteiger partial charge in [-0.3, -0.25) is 0 Å². The molecular formula is C16H12BrClF3N3. The van der Waals surface area contributed by atoms with Crippen LogP contribution in [0.3, 0.4) is 0 Å². The number of hydrogen-bond donors (Lipinski definition) is 1. The number of benzene rings is 2. The molecule has 1 aromatic heterocycles. The first kappa shape index (κ1) is 17.1. The fraction of sp³-hybridized carbons (Fsp3) is 0.188. The van der Waals surface area contributed by atoms with E-state index in [-0.39, 0.29) is 12.1 Å². The largest absolute Gasteiger partial charge is 0.449 e. The standard InChI is InChI=1S/C16H12BrClF3N3/c1-8-9(3-2-4-12(8)18)7-24-13-6-10(22)5-11(17)14(13)23-15(24)16(19,20)21/h2-6H,7,22H2,1H3. The quantitative estimate of drug-likeness (QED) is 0.566. The van der Waals surface area contributed by atoms with Crippen LogP contribution < -0.4 is 5.73 Å². The Kier molecular flexibility index (Phi) is 4.25. The molecule has 3 rings (SSSR count). The Bertz CT molecular complexity index is 934. The third-order valence-electron chi connectivity index (χ3n) is 3.79. The molecule has 0 spiro atoms. The van der Waals surface area contributed by atoms with Crippen molar-refractivity contribution in [3.63, 3.8) is 0 Å². The first-order chi connectivity index (χ1) is 11.2. The molecule has 0 unspecified atom stereocenters. The van der Waals surface area contributed by atoms with Gasteiger partial charge >= 0.3 is 6.18 Å². The zero-order valence-electron chi connectivity index (χ0n) is 12.5. The Morgan fingerprint density at radius 1 is 1.29 bits per heavy atom. The van der Waals surface area contributed by atoms with Crippen molar-refractivity contribution in [3.05, 3.63) is 56.8 Å². The Morgan fingerprint density at radius 2 is 2.00 bits per heavy atom. The molecular weight excluding hydrogens is 407 g/mol. The predicted molar refractivity (Wildman–Crippen MR) is 92.1 cm³/mol. The lowest BCUT2D eigenvalue weighted by molar-refractivity contribution is -0.146. The summed E-state index contributed by atoms with van der Waals surface area (Å²) < 4.78 is 41.9. The lowest BCUT2D eigenvalue weighted by Crippen LogP contribution is -2.16. The topological polar surface area (TPSA) is 43.8 Å². The molecule has 0 saturated carbocycles. The summed E-state index contributed by atoms with van der Waals surface area (Å²) in [5, 5.41) is 0.506. The molecule has 0 atom stereocenters. The first-order valence-corrected chi connectivity index (χ1v) is 8.12. The van der Waals surface area contributed by atoms with Crippen LogP contribution in [0.4, 0.5) is 18.9 Å². The average molecular weight is 419 g/mol. The van der Waals surface area contributed by atoms with Gasteiger partial charge < -0.3 is 10.3 Å². The van der Waals surface area contributed by atoms with Gasteiger partial charge in [0, 0.05) is 21.7 Å². The highest BCUT2D eigenvalue weighted by molar-refractivity contribution is 9.10. The molecule has 0 aliphatic carbocycles. The van der Waals surface area contributed by atoms with Gasteiger partial charge in [0.25, 0.3) is 0 Å². The van der Waals surface area contributed by atoms with Gasteiger partial charge in [0.05, 0.1) is 5.52 Å². The molecule has 3 aromatic rings. The number of alkyl halides is 3. The Labute approximate surface area is 149 Å². The second-order valence-corrected chi connectivity index (χ2v) is 6.68. The number of nitrogen functional groups attached to an aromatic ring is 1. The van der Waals surface area contributed by atoms with E-state index in [2.05, 4.69) is 20.9 Å². The summed E-state index contributed by atoms with van der Waals surface area (Å²) in [4.78, 5) is 3.78. The third kappa shape index (κ3) is 2.98. The van der Waals surface area contributed by atoms with Crippen molar-refractivity contribution in [2.75, 3.05) is 5.73 Å². The molecule has 3 nitrogen and oxygen atoms in total. The number of nitrogens with zero attached hydrogens (tertiary/aromatic N) is 2. The second kappa shape index (κ2) is 5.97. The van der Waals surface area contributed by atoms with Crippen LogP contribution in [0, 0.1) is 6.92 Å². The summed E-state index contributed by atoms with van der Waals surface area (Å²) in [5.41, 5.74) is 8.09. The molecule has 0 aliphatic heterocycles. The Morgan fingerprint density at radius 3 is 2.67 bits per heavy atom. The maximum atomic E-state index is 13.4. The van der Waals surface area contributed by atoms with Gasteiger partial charge in [-0.15, -0.1) is 0 Å². The van der Waals surface area contributed by atoms with Crippen LogP contribution in [0.25, 0.3) is 11.0 Å². The molecule has 0 saturated heterocycles. The number of imidazole rings is 1. The van der Waals surface area contributed by atoms with Gasteiger partial charge in [-0.2, -0.15) is 13.2 Å². The molecule has 0 radical (unpaired) electrons. The monoisotopic (exact) mass is 417 g/mol. The van der Waals surface area contributed by atoms with E-state index in [4.69, 9.17) is 17.3 Å². The lowest BCUT2D eigenvalue weighted by Gasteiger charge is -2.14. The number of aromatic nitrogens is 2. The maximum Gasteiger partial charge on any atom is 0.449 e. The van der Waals surface area contributed by atoms with Crippen LogP contribution in [0.15, 0.2) is 34.8 Å². The van der Waals surface area contributed by atoms with Gasteiger partial charge in [0.2, 0.25) is 5.82 Å². The minimum absolute atomic E-state index is 0.00632. The van der Waals surface area contributed by atoms with Crippen LogP contribution in [-0.2, 0) is 12.7 Å². The van der Waals surface area contributed by atoms with E-state index in [0.29, 0.717) is 26.3 Å². The summed E-state index contributed by atoms with van der Waals surface area (Å²) in [6, 6.07) is 8.17. The summed E-state index contributed by atoms with van der Waals surface area (Å²) in [6.07, 6.45) is -4.58. The van der Waals surface area contributed by atoms with Crippen LogP contribution in [0.2, 0.25) is 5.02 Å². The van der Waals surface area contributed by atoms with E-state index in [1.54, 1.807) is 25.1 Å².